The number of aldehydes is 1. The lowest BCUT2D eigenvalue weighted by Crippen LogP contribution is -1.96. The number of rotatable bonds is 3. The lowest BCUT2D eigenvalue weighted by atomic mass is 10.1. The van der Waals surface area contributed by atoms with E-state index in [1.165, 1.54) is 12.1 Å². The maximum absolute atomic E-state index is 11.4. The molecule has 6 heteroatoms. The van der Waals surface area contributed by atoms with E-state index in [0.29, 0.717) is 23.2 Å². The molecule has 0 amide bonds. The van der Waals surface area contributed by atoms with E-state index in [9.17, 15) is 13.2 Å². The topological polar surface area (TPSA) is 79.9 Å². The van der Waals surface area contributed by atoms with Crippen molar-refractivity contribution in [1.29, 1.82) is 0 Å². The SMILES string of the molecule is CS(=O)(=O)c1cccc(-c2cc(C=O)[nH]n2)c1. The van der Waals surface area contributed by atoms with Crippen LogP contribution >= 0.6 is 0 Å². The van der Waals surface area contributed by atoms with Gasteiger partial charge in [0.05, 0.1) is 16.3 Å². The number of hydrogen-bond donors (Lipinski definition) is 1. The van der Waals surface area contributed by atoms with Gasteiger partial charge in [0, 0.05) is 11.8 Å². The van der Waals surface area contributed by atoms with Crippen molar-refractivity contribution in [3.8, 4) is 11.3 Å². The summed E-state index contributed by atoms with van der Waals surface area (Å²) in [6.07, 6.45) is 1.80. The van der Waals surface area contributed by atoms with Gasteiger partial charge in [0.25, 0.3) is 0 Å². The first-order valence-electron chi connectivity index (χ1n) is 4.82. The predicted octanol–water partition coefficient (Wildman–Crippen LogP) is 1.29. The maximum Gasteiger partial charge on any atom is 0.175 e. The van der Waals surface area contributed by atoms with Crippen molar-refractivity contribution in [3.63, 3.8) is 0 Å². The average Bonchev–Trinajstić information content (AvgIpc) is 2.76. The van der Waals surface area contributed by atoms with Gasteiger partial charge in [0.15, 0.2) is 16.1 Å². The van der Waals surface area contributed by atoms with E-state index in [1.54, 1.807) is 18.2 Å². The first-order chi connectivity index (χ1) is 8.00. The Labute approximate surface area is 98.4 Å². The first-order valence-corrected chi connectivity index (χ1v) is 6.71. The van der Waals surface area contributed by atoms with E-state index in [1.807, 2.05) is 0 Å². The van der Waals surface area contributed by atoms with Gasteiger partial charge in [-0.2, -0.15) is 5.10 Å². The van der Waals surface area contributed by atoms with Crippen molar-refractivity contribution < 1.29 is 13.2 Å². The number of nitrogens with zero attached hydrogens (tertiary/aromatic N) is 1. The van der Waals surface area contributed by atoms with Crippen molar-refractivity contribution >= 4 is 16.1 Å². The molecule has 1 aromatic heterocycles. The van der Waals surface area contributed by atoms with Crippen LogP contribution in [0.3, 0.4) is 0 Å². The fourth-order valence-electron chi connectivity index (χ4n) is 1.43. The Hall–Kier alpha value is -1.95. The largest absolute Gasteiger partial charge is 0.296 e. The van der Waals surface area contributed by atoms with Crippen molar-refractivity contribution in [2.45, 2.75) is 4.90 Å². The molecule has 1 heterocycles. The molecule has 17 heavy (non-hydrogen) atoms. The molecule has 2 aromatic rings. The van der Waals surface area contributed by atoms with Gasteiger partial charge >= 0.3 is 0 Å². The summed E-state index contributed by atoms with van der Waals surface area (Å²) in [5.74, 6) is 0. The Bertz CT molecular complexity index is 659. The molecule has 0 unspecified atom stereocenters. The molecule has 0 saturated carbocycles. The summed E-state index contributed by atoms with van der Waals surface area (Å²) in [6.45, 7) is 0. The molecule has 0 atom stereocenters. The molecule has 88 valence electrons. The van der Waals surface area contributed by atoms with Gasteiger partial charge in [-0.3, -0.25) is 9.89 Å². The van der Waals surface area contributed by atoms with Crippen molar-refractivity contribution in [2.24, 2.45) is 0 Å². The number of carbonyl (C=O) groups is 1. The fourth-order valence-corrected chi connectivity index (χ4v) is 2.10. The van der Waals surface area contributed by atoms with E-state index in [-0.39, 0.29) is 4.90 Å². The van der Waals surface area contributed by atoms with Crippen LogP contribution < -0.4 is 0 Å². The van der Waals surface area contributed by atoms with Crippen LogP contribution in [0.2, 0.25) is 0 Å². The van der Waals surface area contributed by atoms with Gasteiger partial charge in [0.1, 0.15) is 0 Å². The zero-order valence-corrected chi connectivity index (χ0v) is 9.86. The molecule has 0 aliphatic heterocycles. The van der Waals surface area contributed by atoms with E-state index in [2.05, 4.69) is 10.2 Å². The molecule has 0 spiro atoms. The molecule has 1 aromatic carbocycles. The van der Waals surface area contributed by atoms with Gasteiger partial charge in [-0.1, -0.05) is 12.1 Å². The Morgan fingerprint density at radius 2 is 2.06 bits per heavy atom. The number of aromatic nitrogens is 2. The Morgan fingerprint density at radius 1 is 1.29 bits per heavy atom. The van der Waals surface area contributed by atoms with Crippen LogP contribution in [0.25, 0.3) is 11.3 Å². The summed E-state index contributed by atoms with van der Waals surface area (Å²) < 4.78 is 22.8. The highest BCUT2D eigenvalue weighted by Crippen LogP contribution is 2.20. The molecule has 0 saturated heterocycles. The van der Waals surface area contributed by atoms with E-state index in [4.69, 9.17) is 0 Å². The third-order valence-electron chi connectivity index (χ3n) is 2.28. The van der Waals surface area contributed by atoms with Gasteiger partial charge in [-0.25, -0.2) is 8.42 Å². The zero-order chi connectivity index (χ0) is 12.5. The highest BCUT2D eigenvalue weighted by Gasteiger charge is 2.09. The summed E-state index contributed by atoms with van der Waals surface area (Å²) in [5, 5.41) is 6.47. The Morgan fingerprint density at radius 3 is 2.65 bits per heavy atom. The van der Waals surface area contributed by atoms with Gasteiger partial charge in [0.2, 0.25) is 0 Å². The Kier molecular flexibility index (Phi) is 2.81. The number of carbonyl (C=O) groups excluding carboxylic acids is 1. The highest BCUT2D eigenvalue weighted by molar-refractivity contribution is 7.90. The maximum atomic E-state index is 11.4. The van der Waals surface area contributed by atoms with Crippen LogP contribution in [0.4, 0.5) is 0 Å². The van der Waals surface area contributed by atoms with Crippen molar-refractivity contribution in [1.82, 2.24) is 10.2 Å². The molecule has 0 bridgehead atoms. The number of H-pyrrole nitrogens is 1. The van der Waals surface area contributed by atoms with Crippen LogP contribution in [0.15, 0.2) is 35.2 Å². The average molecular weight is 250 g/mol. The second-order valence-corrected chi connectivity index (χ2v) is 5.64. The number of sulfone groups is 1. The van der Waals surface area contributed by atoms with Gasteiger partial charge in [-0.05, 0) is 18.2 Å². The smallest absolute Gasteiger partial charge is 0.175 e. The minimum atomic E-state index is -3.24. The van der Waals surface area contributed by atoms with E-state index in [0.717, 1.165) is 6.26 Å². The number of hydrogen-bond acceptors (Lipinski definition) is 4. The van der Waals surface area contributed by atoms with E-state index >= 15 is 0 Å². The molecule has 5 nitrogen and oxygen atoms in total. The second kappa shape index (κ2) is 4.14. The second-order valence-electron chi connectivity index (χ2n) is 3.63. The number of benzene rings is 1. The molecular weight excluding hydrogens is 240 g/mol. The lowest BCUT2D eigenvalue weighted by Gasteiger charge is -2.00. The number of aromatic amines is 1. The predicted molar refractivity (Wildman–Crippen MR) is 62.5 cm³/mol. The van der Waals surface area contributed by atoms with Crippen molar-refractivity contribution in [3.05, 3.63) is 36.0 Å². The molecule has 0 fully saturated rings. The molecular formula is C11H10N2O3S. The van der Waals surface area contributed by atoms with Crippen LogP contribution in [0.1, 0.15) is 10.5 Å². The Balaban J connectivity index is 2.50. The monoisotopic (exact) mass is 250 g/mol. The van der Waals surface area contributed by atoms with Crippen molar-refractivity contribution in [2.75, 3.05) is 6.26 Å². The normalized spacial score (nSPS) is 11.4. The van der Waals surface area contributed by atoms with Crippen LogP contribution in [-0.4, -0.2) is 31.2 Å². The lowest BCUT2D eigenvalue weighted by molar-refractivity contribution is 0.111. The molecule has 1 N–H and O–H groups in total. The summed E-state index contributed by atoms with van der Waals surface area (Å²) in [5.41, 5.74) is 1.54. The van der Waals surface area contributed by atoms with Crippen LogP contribution in [0, 0.1) is 0 Å². The van der Waals surface area contributed by atoms with Crippen LogP contribution in [-0.2, 0) is 9.84 Å². The number of nitrogens with one attached hydrogen (secondary N) is 1. The standard InChI is InChI=1S/C11H10N2O3S/c1-17(15,16)10-4-2-3-8(5-10)11-6-9(7-14)12-13-11/h2-7H,1H3,(H,12,13). The quantitative estimate of drug-likeness (QED) is 0.832. The molecule has 2 rings (SSSR count). The highest BCUT2D eigenvalue weighted by atomic mass is 32.2. The zero-order valence-electron chi connectivity index (χ0n) is 9.04. The molecule has 0 aliphatic carbocycles. The minimum Gasteiger partial charge on any atom is -0.296 e. The van der Waals surface area contributed by atoms with Gasteiger partial charge < -0.3 is 0 Å². The fraction of sp³-hybridized carbons (Fsp3) is 0.0909. The third-order valence-corrected chi connectivity index (χ3v) is 3.39. The summed E-state index contributed by atoms with van der Waals surface area (Å²) >= 11 is 0. The van der Waals surface area contributed by atoms with Gasteiger partial charge in [-0.15, -0.1) is 0 Å². The first kappa shape index (κ1) is 11.5. The minimum absolute atomic E-state index is 0.227. The van der Waals surface area contributed by atoms with Crippen LogP contribution in [0.5, 0.6) is 0 Å². The van der Waals surface area contributed by atoms with E-state index < -0.39 is 9.84 Å². The molecule has 0 aliphatic rings. The summed E-state index contributed by atoms with van der Waals surface area (Å²) in [7, 11) is -3.24. The third kappa shape index (κ3) is 2.42. The summed E-state index contributed by atoms with van der Waals surface area (Å²) in [4.78, 5) is 10.7. The molecule has 0 radical (unpaired) electrons. The summed E-state index contributed by atoms with van der Waals surface area (Å²) in [6, 6.07) is 7.99.